The van der Waals surface area contributed by atoms with Crippen LogP contribution in [-0.2, 0) is 17.6 Å². The van der Waals surface area contributed by atoms with Crippen LogP contribution in [0.5, 0.6) is 0 Å². The summed E-state index contributed by atoms with van der Waals surface area (Å²) in [6.45, 7) is 2.65. The van der Waals surface area contributed by atoms with E-state index in [1.54, 1.807) is 23.7 Å². The Balaban J connectivity index is 1.49. The van der Waals surface area contributed by atoms with Gasteiger partial charge in [-0.25, -0.2) is 4.98 Å². The van der Waals surface area contributed by atoms with Crippen molar-refractivity contribution in [3.63, 3.8) is 0 Å². The van der Waals surface area contributed by atoms with Crippen molar-refractivity contribution < 1.29 is 4.79 Å². The van der Waals surface area contributed by atoms with Crippen molar-refractivity contribution in [1.82, 2.24) is 15.3 Å². The summed E-state index contributed by atoms with van der Waals surface area (Å²) in [6, 6.07) is 14.2. The Kier molecular flexibility index (Phi) is 5.90. The van der Waals surface area contributed by atoms with Gasteiger partial charge in [0.1, 0.15) is 5.01 Å². The number of amides is 1. The monoisotopic (exact) mass is 351 g/mol. The minimum absolute atomic E-state index is 0.0566. The highest BCUT2D eigenvalue weighted by atomic mass is 32.1. The first kappa shape index (κ1) is 17.3. The molecular formula is C20H21N3OS. The summed E-state index contributed by atoms with van der Waals surface area (Å²) in [4.78, 5) is 21.8. The SMILES string of the molecule is Cc1nc(-c2ccncc2)sc1CC(=O)NCCCc1ccccc1. The van der Waals surface area contributed by atoms with E-state index in [-0.39, 0.29) is 5.91 Å². The molecule has 4 nitrogen and oxygen atoms in total. The number of aromatic nitrogens is 2. The number of rotatable bonds is 7. The third-order valence-electron chi connectivity index (χ3n) is 3.95. The van der Waals surface area contributed by atoms with Crippen LogP contribution in [-0.4, -0.2) is 22.4 Å². The molecule has 0 aliphatic heterocycles. The van der Waals surface area contributed by atoms with Crippen molar-refractivity contribution in [2.45, 2.75) is 26.2 Å². The lowest BCUT2D eigenvalue weighted by molar-refractivity contribution is -0.120. The Morgan fingerprint density at radius 3 is 2.64 bits per heavy atom. The van der Waals surface area contributed by atoms with E-state index >= 15 is 0 Å². The molecule has 0 saturated carbocycles. The maximum atomic E-state index is 12.2. The molecular weight excluding hydrogens is 330 g/mol. The van der Waals surface area contributed by atoms with Crippen molar-refractivity contribution in [3.8, 4) is 10.6 Å². The van der Waals surface area contributed by atoms with Crippen LogP contribution in [0.4, 0.5) is 0 Å². The molecule has 0 fully saturated rings. The van der Waals surface area contributed by atoms with Gasteiger partial charge in [-0.3, -0.25) is 9.78 Å². The van der Waals surface area contributed by atoms with Crippen LogP contribution in [0.3, 0.4) is 0 Å². The molecule has 5 heteroatoms. The van der Waals surface area contributed by atoms with Crippen LogP contribution >= 0.6 is 11.3 Å². The van der Waals surface area contributed by atoms with Crippen LogP contribution < -0.4 is 5.32 Å². The Labute approximate surface area is 152 Å². The fourth-order valence-corrected chi connectivity index (χ4v) is 3.65. The average Bonchev–Trinajstić information content (AvgIpc) is 3.01. The number of nitrogens with zero attached hydrogens (tertiary/aromatic N) is 2. The topological polar surface area (TPSA) is 54.9 Å². The van der Waals surface area contributed by atoms with Gasteiger partial charge in [-0.2, -0.15) is 0 Å². The van der Waals surface area contributed by atoms with Crippen molar-refractivity contribution in [2.75, 3.05) is 6.54 Å². The quantitative estimate of drug-likeness (QED) is 0.659. The summed E-state index contributed by atoms with van der Waals surface area (Å²) in [6.07, 6.45) is 5.82. The summed E-state index contributed by atoms with van der Waals surface area (Å²) < 4.78 is 0. The molecule has 0 spiro atoms. The van der Waals surface area contributed by atoms with Crippen molar-refractivity contribution >= 4 is 17.2 Å². The zero-order valence-electron chi connectivity index (χ0n) is 14.2. The summed E-state index contributed by atoms with van der Waals surface area (Å²) in [7, 11) is 0. The molecule has 0 bridgehead atoms. The second kappa shape index (κ2) is 8.53. The Hall–Kier alpha value is -2.53. The van der Waals surface area contributed by atoms with Gasteiger partial charge in [-0.05, 0) is 37.5 Å². The van der Waals surface area contributed by atoms with E-state index in [4.69, 9.17) is 0 Å². The molecule has 2 heterocycles. The number of aryl methyl sites for hydroxylation is 2. The normalized spacial score (nSPS) is 10.6. The van der Waals surface area contributed by atoms with Crippen LogP contribution in [0.25, 0.3) is 10.6 Å². The van der Waals surface area contributed by atoms with Crippen LogP contribution in [0, 0.1) is 6.92 Å². The maximum absolute atomic E-state index is 12.2. The zero-order valence-corrected chi connectivity index (χ0v) is 15.1. The highest BCUT2D eigenvalue weighted by Crippen LogP contribution is 2.27. The second-order valence-electron chi connectivity index (χ2n) is 5.88. The molecule has 1 amide bonds. The molecule has 128 valence electrons. The lowest BCUT2D eigenvalue weighted by Crippen LogP contribution is -2.26. The molecule has 0 radical (unpaired) electrons. The molecule has 3 rings (SSSR count). The van der Waals surface area contributed by atoms with Gasteiger partial charge in [0.15, 0.2) is 0 Å². The number of hydrogen-bond acceptors (Lipinski definition) is 4. The second-order valence-corrected chi connectivity index (χ2v) is 6.96. The molecule has 1 aromatic carbocycles. The molecule has 0 aliphatic rings. The lowest BCUT2D eigenvalue weighted by atomic mass is 10.1. The number of thiazole rings is 1. The Morgan fingerprint density at radius 2 is 1.88 bits per heavy atom. The Morgan fingerprint density at radius 1 is 1.12 bits per heavy atom. The predicted octanol–water partition coefficient (Wildman–Crippen LogP) is 3.81. The number of nitrogens with one attached hydrogen (secondary N) is 1. The number of pyridine rings is 1. The van der Waals surface area contributed by atoms with Crippen LogP contribution in [0.2, 0.25) is 0 Å². The van der Waals surface area contributed by atoms with Gasteiger partial charge >= 0.3 is 0 Å². The minimum Gasteiger partial charge on any atom is -0.356 e. The smallest absolute Gasteiger partial charge is 0.225 e. The number of benzene rings is 1. The van der Waals surface area contributed by atoms with Gasteiger partial charge in [0, 0.05) is 29.4 Å². The highest BCUT2D eigenvalue weighted by molar-refractivity contribution is 7.15. The molecule has 0 saturated heterocycles. The molecule has 0 atom stereocenters. The van der Waals surface area contributed by atoms with E-state index < -0.39 is 0 Å². The summed E-state index contributed by atoms with van der Waals surface area (Å²) in [5.41, 5.74) is 3.27. The molecule has 1 N–H and O–H groups in total. The fraction of sp³-hybridized carbons (Fsp3) is 0.250. The zero-order chi connectivity index (χ0) is 17.5. The van der Waals surface area contributed by atoms with Crippen molar-refractivity contribution in [2.24, 2.45) is 0 Å². The van der Waals surface area contributed by atoms with Crippen molar-refractivity contribution in [1.29, 1.82) is 0 Å². The van der Waals surface area contributed by atoms with Crippen LogP contribution in [0.15, 0.2) is 54.9 Å². The average molecular weight is 351 g/mol. The summed E-state index contributed by atoms with van der Waals surface area (Å²) in [5.74, 6) is 0.0566. The van der Waals surface area contributed by atoms with Crippen molar-refractivity contribution in [3.05, 3.63) is 71.0 Å². The molecule has 2 aromatic heterocycles. The van der Waals surface area contributed by atoms with Gasteiger partial charge in [-0.15, -0.1) is 11.3 Å². The van der Waals surface area contributed by atoms with Gasteiger partial charge in [0.05, 0.1) is 12.1 Å². The minimum atomic E-state index is 0.0566. The van der Waals surface area contributed by atoms with E-state index in [0.717, 1.165) is 34.0 Å². The van der Waals surface area contributed by atoms with Gasteiger partial charge in [0.25, 0.3) is 0 Å². The van der Waals surface area contributed by atoms with Gasteiger partial charge in [0.2, 0.25) is 5.91 Å². The van der Waals surface area contributed by atoms with E-state index in [1.807, 2.05) is 37.3 Å². The first-order chi connectivity index (χ1) is 12.2. The molecule has 0 unspecified atom stereocenters. The van der Waals surface area contributed by atoms with Gasteiger partial charge in [-0.1, -0.05) is 30.3 Å². The third kappa shape index (κ3) is 4.97. The van der Waals surface area contributed by atoms with E-state index in [1.165, 1.54) is 5.56 Å². The van der Waals surface area contributed by atoms with E-state index in [2.05, 4.69) is 27.4 Å². The number of carbonyl (C=O) groups is 1. The maximum Gasteiger partial charge on any atom is 0.225 e. The highest BCUT2D eigenvalue weighted by Gasteiger charge is 2.12. The summed E-state index contributed by atoms with van der Waals surface area (Å²) >= 11 is 1.58. The number of hydrogen-bond donors (Lipinski definition) is 1. The largest absolute Gasteiger partial charge is 0.356 e. The predicted molar refractivity (Wildman–Crippen MR) is 102 cm³/mol. The Bertz CT molecular complexity index is 815. The lowest BCUT2D eigenvalue weighted by Gasteiger charge is -2.05. The van der Waals surface area contributed by atoms with E-state index in [0.29, 0.717) is 13.0 Å². The molecule has 3 aromatic rings. The summed E-state index contributed by atoms with van der Waals surface area (Å²) in [5, 5.41) is 3.94. The van der Waals surface area contributed by atoms with Crippen LogP contribution in [0.1, 0.15) is 22.6 Å². The molecule has 0 aliphatic carbocycles. The van der Waals surface area contributed by atoms with E-state index in [9.17, 15) is 4.79 Å². The third-order valence-corrected chi connectivity index (χ3v) is 5.15. The fourth-order valence-electron chi connectivity index (χ4n) is 2.58. The first-order valence-electron chi connectivity index (χ1n) is 8.39. The molecule has 25 heavy (non-hydrogen) atoms. The standard InChI is InChI=1S/C20H21N3OS/c1-15-18(25-20(23-15)17-9-12-21-13-10-17)14-19(24)22-11-5-8-16-6-3-2-4-7-16/h2-4,6-7,9-10,12-13H,5,8,11,14H2,1H3,(H,22,24). The van der Waals surface area contributed by atoms with Gasteiger partial charge < -0.3 is 5.32 Å². The number of carbonyl (C=O) groups excluding carboxylic acids is 1. The first-order valence-corrected chi connectivity index (χ1v) is 9.21.